The number of nitrogens with zero attached hydrogens (tertiary/aromatic N) is 1. The number of aryl methyl sites for hydroxylation is 1. The fourth-order valence-electron chi connectivity index (χ4n) is 7.57. The van der Waals surface area contributed by atoms with E-state index in [-0.39, 0.29) is 29.8 Å². The molecule has 0 radical (unpaired) electrons. The maximum Gasteiger partial charge on any atom is 0.251 e. The van der Waals surface area contributed by atoms with E-state index in [0.29, 0.717) is 11.3 Å². The van der Waals surface area contributed by atoms with Gasteiger partial charge in [0.15, 0.2) is 11.5 Å². The molecule has 2 aromatic carbocycles. The number of rotatable bonds is 5. The molecule has 5 atom stereocenters. The zero-order valence-electron chi connectivity index (χ0n) is 21.2. The second kappa shape index (κ2) is 8.88. The predicted molar refractivity (Wildman–Crippen MR) is 147 cm³/mol. The van der Waals surface area contributed by atoms with Gasteiger partial charge in [0.2, 0.25) is 0 Å². The number of carbonyl (C=O) groups excluding carboxylic acids is 1. The molecule has 3 fully saturated rings. The first-order valence-corrected chi connectivity index (χ1v) is 14.2. The molecule has 2 unspecified atom stereocenters. The number of nitrogens with one attached hydrogen (secondary N) is 1. The average Bonchev–Trinajstić information content (AvgIpc) is 3.61. The van der Waals surface area contributed by atoms with Crippen molar-refractivity contribution in [2.45, 2.75) is 75.2 Å². The van der Waals surface area contributed by atoms with Crippen LogP contribution in [0.2, 0.25) is 0 Å². The highest BCUT2D eigenvalue weighted by atomic mass is 127. The van der Waals surface area contributed by atoms with E-state index in [9.17, 15) is 9.90 Å². The molecule has 2 saturated carbocycles. The maximum absolute atomic E-state index is 13.4. The van der Waals surface area contributed by atoms with Gasteiger partial charge in [0.05, 0.1) is 17.1 Å². The molecule has 0 aromatic heterocycles. The Bertz CT molecular complexity index is 1200. The molecule has 6 rings (SSSR count). The van der Waals surface area contributed by atoms with Gasteiger partial charge in [-0.15, -0.1) is 0 Å². The van der Waals surface area contributed by atoms with Crippen molar-refractivity contribution in [1.82, 2.24) is 10.2 Å². The monoisotopic (exact) mass is 602 g/mol. The highest BCUT2D eigenvalue weighted by molar-refractivity contribution is 14.1. The van der Waals surface area contributed by atoms with Crippen LogP contribution in [-0.4, -0.2) is 59.9 Å². The van der Waals surface area contributed by atoms with Gasteiger partial charge >= 0.3 is 0 Å². The first kappa shape index (κ1) is 24.5. The van der Waals surface area contributed by atoms with Crippen LogP contribution < -0.4 is 10.1 Å². The molecule has 36 heavy (non-hydrogen) atoms. The van der Waals surface area contributed by atoms with Gasteiger partial charge in [-0.25, -0.2) is 0 Å². The van der Waals surface area contributed by atoms with Crippen LogP contribution in [0, 0.1) is 16.4 Å². The number of phenols is 1. The summed E-state index contributed by atoms with van der Waals surface area (Å²) in [4.78, 5) is 16.0. The van der Waals surface area contributed by atoms with Gasteiger partial charge < -0.3 is 19.9 Å². The second-order valence-electron chi connectivity index (χ2n) is 11.2. The molecular formula is C29H35IN2O4. The Balaban J connectivity index is 1.43. The number of piperidine rings is 1. The molecule has 1 saturated heterocycles. The summed E-state index contributed by atoms with van der Waals surface area (Å²) in [6.07, 6.45) is 4.77. The Labute approximate surface area is 226 Å². The standard InChI is InChI=1S/C29H35IN2O4/c1-17-7-10-23(33)25-24(17)28-13-14-32(16-19-8-9-19)18(2)29(28,35-3)12-11-22(26(28)36-25)31-27(34)20-5-4-6-21(30)15-20/h4-7,10,15,18-19,22,26,33H,8-9,11-14,16H2,1-3H3,(H,31,34)/t18?,22-,26?,28+,29-/m1/s1. The summed E-state index contributed by atoms with van der Waals surface area (Å²) >= 11 is 2.23. The SMILES string of the molecule is CO[C@@]12CC[C@@H](NC(=O)c3cccc(I)c3)C3Oc4c(O)ccc(C)c4[C@@]31CCN(CC1CC1)C2C. The number of likely N-dealkylation sites (tertiary alicyclic amines) is 1. The lowest BCUT2D eigenvalue weighted by molar-refractivity contribution is -0.198. The molecule has 2 N–H and O–H groups in total. The average molecular weight is 603 g/mol. The van der Waals surface area contributed by atoms with E-state index in [2.05, 4.69) is 46.7 Å². The van der Waals surface area contributed by atoms with Crippen molar-refractivity contribution in [2.24, 2.45) is 5.92 Å². The second-order valence-corrected chi connectivity index (χ2v) is 12.4. The Morgan fingerprint density at radius 2 is 2.06 bits per heavy atom. The van der Waals surface area contributed by atoms with E-state index in [1.807, 2.05) is 37.4 Å². The van der Waals surface area contributed by atoms with Gasteiger partial charge in [-0.2, -0.15) is 0 Å². The molecule has 2 aliphatic carbocycles. The van der Waals surface area contributed by atoms with Crippen molar-refractivity contribution in [3.63, 3.8) is 0 Å². The molecule has 7 heteroatoms. The van der Waals surface area contributed by atoms with Gasteiger partial charge in [-0.3, -0.25) is 9.69 Å². The van der Waals surface area contributed by atoms with Crippen LogP contribution in [0.5, 0.6) is 11.5 Å². The molecule has 1 amide bonds. The topological polar surface area (TPSA) is 71.0 Å². The van der Waals surface area contributed by atoms with Crippen LogP contribution in [0.3, 0.4) is 0 Å². The van der Waals surface area contributed by atoms with Crippen molar-refractivity contribution < 1.29 is 19.4 Å². The minimum Gasteiger partial charge on any atom is -0.504 e. The smallest absolute Gasteiger partial charge is 0.251 e. The summed E-state index contributed by atoms with van der Waals surface area (Å²) in [6.45, 7) is 6.49. The fourth-order valence-corrected chi connectivity index (χ4v) is 8.11. The zero-order valence-corrected chi connectivity index (χ0v) is 23.4. The first-order valence-electron chi connectivity index (χ1n) is 13.2. The summed E-state index contributed by atoms with van der Waals surface area (Å²) in [7, 11) is 1.84. The minimum absolute atomic E-state index is 0.0849. The van der Waals surface area contributed by atoms with E-state index in [1.54, 1.807) is 6.07 Å². The number of benzene rings is 2. The summed E-state index contributed by atoms with van der Waals surface area (Å²) in [5, 5.41) is 14.2. The Hall–Kier alpha value is -1.84. The third kappa shape index (κ3) is 3.52. The molecule has 6 nitrogen and oxygen atoms in total. The van der Waals surface area contributed by atoms with Crippen LogP contribution >= 0.6 is 22.6 Å². The number of methoxy groups -OCH3 is 1. The number of amides is 1. The highest BCUT2D eigenvalue weighted by Crippen LogP contribution is 2.63. The fraction of sp³-hybridized carbons (Fsp3) is 0.552. The molecule has 0 bridgehead atoms. The van der Waals surface area contributed by atoms with E-state index < -0.39 is 11.0 Å². The van der Waals surface area contributed by atoms with Gasteiger partial charge in [0.1, 0.15) is 6.10 Å². The lowest BCUT2D eigenvalue weighted by Crippen LogP contribution is -2.76. The van der Waals surface area contributed by atoms with Crippen molar-refractivity contribution >= 4 is 28.5 Å². The van der Waals surface area contributed by atoms with E-state index in [1.165, 1.54) is 12.8 Å². The normalized spacial score (nSPS) is 33.3. The Morgan fingerprint density at radius 1 is 1.25 bits per heavy atom. The summed E-state index contributed by atoms with van der Waals surface area (Å²) in [5.74, 6) is 1.45. The third-order valence-corrected chi connectivity index (χ3v) is 10.1. The largest absolute Gasteiger partial charge is 0.504 e. The van der Waals surface area contributed by atoms with Gasteiger partial charge in [0.25, 0.3) is 5.91 Å². The van der Waals surface area contributed by atoms with Crippen LogP contribution in [0.25, 0.3) is 0 Å². The highest BCUT2D eigenvalue weighted by Gasteiger charge is 2.71. The minimum atomic E-state index is -0.474. The molecule has 192 valence electrons. The van der Waals surface area contributed by atoms with Crippen molar-refractivity contribution in [1.29, 1.82) is 0 Å². The molecule has 4 aliphatic rings. The summed E-state index contributed by atoms with van der Waals surface area (Å²) < 4.78 is 14.3. The van der Waals surface area contributed by atoms with Crippen molar-refractivity contribution in [3.8, 4) is 11.5 Å². The Morgan fingerprint density at radius 3 is 2.78 bits per heavy atom. The molecule has 2 aromatic rings. The number of halogens is 1. The molecule has 2 aliphatic heterocycles. The Kier molecular flexibility index (Phi) is 6.04. The summed E-state index contributed by atoms with van der Waals surface area (Å²) in [5.41, 5.74) is 1.90. The van der Waals surface area contributed by atoms with Crippen LogP contribution in [0.1, 0.15) is 60.5 Å². The number of hydrogen-bond acceptors (Lipinski definition) is 5. The third-order valence-electron chi connectivity index (χ3n) is 9.44. The first-order chi connectivity index (χ1) is 17.3. The lowest BCUT2D eigenvalue weighted by Gasteiger charge is -2.63. The summed E-state index contributed by atoms with van der Waals surface area (Å²) in [6, 6.07) is 11.4. The van der Waals surface area contributed by atoms with Crippen LogP contribution in [-0.2, 0) is 10.2 Å². The van der Waals surface area contributed by atoms with Gasteiger partial charge in [-0.05, 0) is 111 Å². The maximum atomic E-state index is 13.4. The van der Waals surface area contributed by atoms with Crippen LogP contribution in [0.15, 0.2) is 36.4 Å². The molecule has 2 heterocycles. The lowest BCUT2D eigenvalue weighted by atomic mass is 9.51. The number of hydrogen-bond donors (Lipinski definition) is 2. The number of fused-ring (bicyclic) bond motifs is 1. The van der Waals surface area contributed by atoms with Crippen molar-refractivity contribution in [3.05, 3.63) is 56.7 Å². The zero-order chi connectivity index (χ0) is 25.2. The van der Waals surface area contributed by atoms with Gasteiger partial charge in [-0.1, -0.05) is 12.1 Å². The van der Waals surface area contributed by atoms with Crippen molar-refractivity contribution in [2.75, 3.05) is 20.2 Å². The quantitative estimate of drug-likeness (QED) is 0.482. The van der Waals surface area contributed by atoms with E-state index >= 15 is 0 Å². The number of ether oxygens (including phenoxy) is 2. The predicted octanol–water partition coefficient (Wildman–Crippen LogP) is 4.79. The number of phenolic OH excluding ortho intramolecular Hbond substituents is 1. The number of carbonyl (C=O) groups is 1. The van der Waals surface area contributed by atoms with Gasteiger partial charge in [0, 0.05) is 34.4 Å². The number of aromatic hydroxyl groups is 1. The molecular weight excluding hydrogens is 567 g/mol. The van der Waals surface area contributed by atoms with E-state index in [4.69, 9.17) is 9.47 Å². The molecule has 1 spiro atoms. The van der Waals surface area contributed by atoms with E-state index in [0.717, 1.165) is 53.0 Å². The van der Waals surface area contributed by atoms with Crippen LogP contribution in [0.4, 0.5) is 0 Å².